The SMILES string of the molecule is CC(C)n1c(CNC(=O)C2(CN)CCOCC2)nc2ccccc21. The second-order valence-corrected chi connectivity index (χ2v) is 6.76. The number of nitrogens with one attached hydrogen (secondary N) is 1. The van der Waals surface area contributed by atoms with Crippen LogP contribution in [0, 0.1) is 5.41 Å². The van der Waals surface area contributed by atoms with Gasteiger partial charge in [0, 0.05) is 25.8 Å². The summed E-state index contributed by atoms with van der Waals surface area (Å²) in [5.41, 5.74) is 7.45. The van der Waals surface area contributed by atoms with E-state index in [0.29, 0.717) is 39.1 Å². The smallest absolute Gasteiger partial charge is 0.228 e. The number of ether oxygens (including phenoxy) is 1. The molecular formula is C18H26N4O2. The van der Waals surface area contributed by atoms with Gasteiger partial charge in [-0.2, -0.15) is 0 Å². The van der Waals surface area contributed by atoms with Gasteiger partial charge in [0.1, 0.15) is 5.82 Å². The van der Waals surface area contributed by atoms with Gasteiger partial charge in [0.25, 0.3) is 0 Å². The number of nitrogens with two attached hydrogens (primary N) is 1. The topological polar surface area (TPSA) is 82.2 Å². The maximum Gasteiger partial charge on any atom is 0.228 e. The molecule has 6 heteroatoms. The van der Waals surface area contributed by atoms with Gasteiger partial charge in [-0.15, -0.1) is 0 Å². The molecule has 130 valence electrons. The third-order valence-electron chi connectivity index (χ3n) is 4.91. The Morgan fingerprint density at radius 2 is 2.08 bits per heavy atom. The number of rotatable bonds is 5. The van der Waals surface area contributed by atoms with Gasteiger partial charge in [0.15, 0.2) is 0 Å². The van der Waals surface area contributed by atoms with Gasteiger partial charge in [0.2, 0.25) is 5.91 Å². The Bertz CT molecular complexity index is 717. The van der Waals surface area contributed by atoms with E-state index in [1.807, 2.05) is 18.2 Å². The lowest BCUT2D eigenvalue weighted by atomic mass is 9.79. The lowest BCUT2D eigenvalue weighted by Crippen LogP contribution is -2.49. The molecule has 1 aromatic heterocycles. The number of amides is 1. The Morgan fingerprint density at radius 3 is 2.75 bits per heavy atom. The van der Waals surface area contributed by atoms with E-state index in [1.165, 1.54) is 0 Å². The molecule has 1 amide bonds. The lowest BCUT2D eigenvalue weighted by molar-refractivity contribution is -0.136. The number of carbonyl (C=O) groups excluding carboxylic acids is 1. The van der Waals surface area contributed by atoms with Gasteiger partial charge in [-0.25, -0.2) is 4.98 Å². The number of carbonyl (C=O) groups is 1. The Balaban J connectivity index is 1.80. The predicted molar refractivity (Wildman–Crippen MR) is 93.5 cm³/mol. The highest BCUT2D eigenvalue weighted by atomic mass is 16.5. The van der Waals surface area contributed by atoms with Crippen LogP contribution in [0.4, 0.5) is 0 Å². The van der Waals surface area contributed by atoms with Crippen LogP contribution >= 0.6 is 0 Å². The summed E-state index contributed by atoms with van der Waals surface area (Å²) in [7, 11) is 0. The highest BCUT2D eigenvalue weighted by molar-refractivity contribution is 5.83. The third-order valence-corrected chi connectivity index (χ3v) is 4.91. The molecule has 0 spiro atoms. The Kier molecular flexibility index (Phi) is 4.87. The van der Waals surface area contributed by atoms with Crippen molar-refractivity contribution in [1.82, 2.24) is 14.9 Å². The van der Waals surface area contributed by atoms with Crippen molar-refractivity contribution in [3.63, 3.8) is 0 Å². The van der Waals surface area contributed by atoms with E-state index in [4.69, 9.17) is 15.5 Å². The number of hydrogen-bond acceptors (Lipinski definition) is 4. The largest absolute Gasteiger partial charge is 0.381 e. The molecule has 0 atom stereocenters. The summed E-state index contributed by atoms with van der Waals surface area (Å²) in [6.07, 6.45) is 1.35. The minimum atomic E-state index is -0.507. The fraction of sp³-hybridized carbons (Fsp3) is 0.556. The number of benzene rings is 1. The van der Waals surface area contributed by atoms with E-state index in [0.717, 1.165) is 16.9 Å². The lowest BCUT2D eigenvalue weighted by Gasteiger charge is -2.34. The average molecular weight is 330 g/mol. The van der Waals surface area contributed by atoms with E-state index in [1.54, 1.807) is 0 Å². The monoisotopic (exact) mass is 330 g/mol. The second-order valence-electron chi connectivity index (χ2n) is 6.76. The summed E-state index contributed by atoms with van der Waals surface area (Å²) in [6, 6.07) is 8.33. The first-order valence-corrected chi connectivity index (χ1v) is 8.59. The highest BCUT2D eigenvalue weighted by Gasteiger charge is 2.38. The molecule has 3 rings (SSSR count). The number of imidazole rings is 1. The number of aromatic nitrogens is 2. The molecule has 0 bridgehead atoms. The van der Waals surface area contributed by atoms with Crippen LogP contribution in [0.1, 0.15) is 38.6 Å². The molecule has 1 fully saturated rings. The molecule has 0 unspecified atom stereocenters. The molecule has 24 heavy (non-hydrogen) atoms. The van der Waals surface area contributed by atoms with Gasteiger partial charge in [0.05, 0.1) is 23.0 Å². The molecule has 0 saturated carbocycles. The van der Waals surface area contributed by atoms with Crippen molar-refractivity contribution in [3.8, 4) is 0 Å². The zero-order valence-electron chi connectivity index (χ0n) is 14.4. The first-order valence-electron chi connectivity index (χ1n) is 8.59. The maximum atomic E-state index is 12.7. The van der Waals surface area contributed by atoms with Crippen LogP contribution in [0.2, 0.25) is 0 Å². The molecule has 1 saturated heterocycles. The van der Waals surface area contributed by atoms with Crippen molar-refractivity contribution in [1.29, 1.82) is 0 Å². The van der Waals surface area contributed by atoms with Crippen LogP contribution in [-0.4, -0.2) is 35.2 Å². The van der Waals surface area contributed by atoms with Crippen molar-refractivity contribution >= 4 is 16.9 Å². The van der Waals surface area contributed by atoms with Crippen molar-refractivity contribution in [2.75, 3.05) is 19.8 Å². The molecule has 1 aliphatic heterocycles. The summed E-state index contributed by atoms with van der Waals surface area (Å²) < 4.78 is 7.55. The molecule has 1 aromatic carbocycles. The molecule has 2 heterocycles. The molecular weight excluding hydrogens is 304 g/mol. The Hall–Kier alpha value is -1.92. The normalized spacial score (nSPS) is 17.3. The van der Waals surface area contributed by atoms with E-state index in [2.05, 4.69) is 29.8 Å². The van der Waals surface area contributed by atoms with E-state index in [-0.39, 0.29) is 11.9 Å². The van der Waals surface area contributed by atoms with Crippen molar-refractivity contribution in [2.24, 2.45) is 11.1 Å². The summed E-state index contributed by atoms with van der Waals surface area (Å²) in [5, 5.41) is 3.06. The minimum absolute atomic E-state index is 0.00987. The van der Waals surface area contributed by atoms with E-state index in [9.17, 15) is 4.79 Å². The highest BCUT2D eigenvalue weighted by Crippen LogP contribution is 2.29. The molecule has 0 radical (unpaired) electrons. The van der Waals surface area contributed by atoms with Crippen molar-refractivity contribution in [3.05, 3.63) is 30.1 Å². The zero-order chi connectivity index (χ0) is 17.2. The number of para-hydroxylation sites is 2. The van der Waals surface area contributed by atoms with Crippen LogP contribution in [0.3, 0.4) is 0 Å². The standard InChI is InChI=1S/C18H26N4O2/c1-13(2)22-15-6-4-3-5-14(15)21-16(22)11-20-17(23)18(12-19)7-9-24-10-8-18/h3-6,13H,7-12,19H2,1-2H3,(H,20,23). The maximum absolute atomic E-state index is 12.7. The fourth-order valence-corrected chi connectivity index (χ4v) is 3.43. The van der Waals surface area contributed by atoms with Crippen LogP contribution in [0.15, 0.2) is 24.3 Å². The Morgan fingerprint density at radius 1 is 1.38 bits per heavy atom. The molecule has 1 aliphatic rings. The van der Waals surface area contributed by atoms with Crippen molar-refractivity contribution < 1.29 is 9.53 Å². The summed E-state index contributed by atoms with van der Waals surface area (Å²) in [4.78, 5) is 17.4. The fourth-order valence-electron chi connectivity index (χ4n) is 3.43. The number of nitrogens with zero attached hydrogens (tertiary/aromatic N) is 2. The van der Waals surface area contributed by atoms with Crippen molar-refractivity contribution in [2.45, 2.75) is 39.3 Å². The molecule has 6 nitrogen and oxygen atoms in total. The van der Waals surface area contributed by atoms with E-state index >= 15 is 0 Å². The summed E-state index contributed by atoms with van der Waals surface area (Å²) in [6.45, 7) is 6.19. The third kappa shape index (κ3) is 3.03. The van der Waals surface area contributed by atoms with Crippen LogP contribution in [0.25, 0.3) is 11.0 Å². The predicted octanol–water partition coefficient (Wildman–Crippen LogP) is 1.99. The first kappa shape index (κ1) is 16.9. The van der Waals surface area contributed by atoms with E-state index < -0.39 is 5.41 Å². The zero-order valence-corrected chi connectivity index (χ0v) is 14.4. The number of hydrogen-bond donors (Lipinski definition) is 2. The molecule has 0 aliphatic carbocycles. The summed E-state index contributed by atoms with van der Waals surface area (Å²) in [5.74, 6) is 0.884. The van der Waals surface area contributed by atoms with Gasteiger partial charge in [-0.3, -0.25) is 4.79 Å². The van der Waals surface area contributed by atoms with Crippen LogP contribution < -0.4 is 11.1 Å². The van der Waals surface area contributed by atoms with Gasteiger partial charge in [-0.05, 0) is 38.8 Å². The minimum Gasteiger partial charge on any atom is -0.381 e. The van der Waals surface area contributed by atoms with Gasteiger partial charge < -0.3 is 20.4 Å². The summed E-state index contributed by atoms with van der Waals surface area (Å²) >= 11 is 0. The van der Waals surface area contributed by atoms with Crippen LogP contribution in [0.5, 0.6) is 0 Å². The quantitative estimate of drug-likeness (QED) is 0.878. The first-order chi connectivity index (χ1) is 11.6. The van der Waals surface area contributed by atoms with Gasteiger partial charge in [-0.1, -0.05) is 12.1 Å². The second kappa shape index (κ2) is 6.91. The van der Waals surface area contributed by atoms with Crippen LogP contribution in [-0.2, 0) is 16.1 Å². The Labute approximate surface area is 142 Å². The molecule has 2 aromatic rings. The van der Waals surface area contributed by atoms with Gasteiger partial charge >= 0.3 is 0 Å². The average Bonchev–Trinajstić information content (AvgIpc) is 2.98. The number of fused-ring (bicyclic) bond motifs is 1. The molecule has 3 N–H and O–H groups in total.